The molecule has 0 heterocycles. The van der Waals surface area contributed by atoms with E-state index in [2.05, 4.69) is 44.3 Å². The molecular formula is C19H31NO. The van der Waals surface area contributed by atoms with Crippen molar-refractivity contribution in [3.05, 3.63) is 29.8 Å². The van der Waals surface area contributed by atoms with E-state index in [0.29, 0.717) is 6.04 Å². The van der Waals surface area contributed by atoms with Crippen molar-refractivity contribution < 1.29 is 4.74 Å². The zero-order chi connectivity index (χ0) is 15.2. The Morgan fingerprint density at radius 1 is 1.29 bits per heavy atom. The molecular weight excluding hydrogens is 258 g/mol. The molecule has 0 spiro atoms. The third kappa shape index (κ3) is 4.47. The molecule has 0 amide bonds. The Hall–Kier alpha value is -1.02. The average molecular weight is 289 g/mol. The van der Waals surface area contributed by atoms with Crippen molar-refractivity contribution in [1.29, 1.82) is 0 Å². The summed E-state index contributed by atoms with van der Waals surface area (Å²) in [6, 6.07) is 9.26. The maximum Gasteiger partial charge on any atom is 0.119 e. The summed E-state index contributed by atoms with van der Waals surface area (Å²) in [4.78, 5) is 0. The van der Waals surface area contributed by atoms with Crippen LogP contribution in [0.5, 0.6) is 5.75 Å². The standard InChI is InChI=1S/C19H31NO/c1-5-20-19-10-9-16(14(2)3)13-17(19)11-15-7-6-8-18(12-15)21-4/h6-8,12,14,16-17,19-20H,5,9-11,13H2,1-4H3. The predicted octanol–water partition coefficient (Wildman–Crippen LogP) is 4.29. The number of ether oxygens (including phenoxy) is 1. The van der Waals surface area contributed by atoms with E-state index in [1.165, 1.54) is 24.8 Å². The van der Waals surface area contributed by atoms with Crippen molar-refractivity contribution in [2.24, 2.45) is 17.8 Å². The van der Waals surface area contributed by atoms with E-state index in [1.54, 1.807) is 7.11 Å². The van der Waals surface area contributed by atoms with Gasteiger partial charge in [0, 0.05) is 6.04 Å². The molecule has 1 aromatic rings. The van der Waals surface area contributed by atoms with Crippen LogP contribution < -0.4 is 10.1 Å². The first kappa shape index (κ1) is 16.4. The van der Waals surface area contributed by atoms with Crippen LogP contribution >= 0.6 is 0 Å². The SMILES string of the molecule is CCNC1CCC(C(C)C)CC1Cc1cccc(OC)c1. The summed E-state index contributed by atoms with van der Waals surface area (Å²) in [5, 5.41) is 3.71. The summed E-state index contributed by atoms with van der Waals surface area (Å²) in [6.07, 6.45) is 5.22. The van der Waals surface area contributed by atoms with Crippen LogP contribution in [0.3, 0.4) is 0 Å². The number of rotatable bonds is 6. The van der Waals surface area contributed by atoms with E-state index in [1.807, 2.05) is 6.07 Å². The third-order valence-corrected chi connectivity index (χ3v) is 5.06. The molecule has 1 fully saturated rings. The molecule has 3 atom stereocenters. The van der Waals surface area contributed by atoms with Gasteiger partial charge in [0.25, 0.3) is 0 Å². The molecule has 118 valence electrons. The molecule has 2 rings (SSSR count). The van der Waals surface area contributed by atoms with Crippen molar-refractivity contribution >= 4 is 0 Å². The van der Waals surface area contributed by atoms with Gasteiger partial charge in [-0.25, -0.2) is 0 Å². The minimum atomic E-state index is 0.677. The summed E-state index contributed by atoms with van der Waals surface area (Å²) < 4.78 is 5.36. The normalized spacial score (nSPS) is 26.0. The first-order chi connectivity index (χ1) is 10.1. The molecule has 0 bridgehead atoms. The van der Waals surface area contributed by atoms with Crippen LogP contribution in [0.15, 0.2) is 24.3 Å². The molecule has 1 aliphatic rings. The van der Waals surface area contributed by atoms with Crippen LogP contribution in [0.4, 0.5) is 0 Å². The molecule has 2 nitrogen and oxygen atoms in total. The van der Waals surface area contributed by atoms with Gasteiger partial charge in [-0.05, 0) is 67.7 Å². The molecule has 3 unspecified atom stereocenters. The fourth-order valence-corrected chi connectivity index (χ4v) is 3.76. The number of benzene rings is 1. The Labute approximate surface area is 130 Å². The second-order valence-corrected chi connectivity index (χ2v) is 6.80. The highest BCUT2D eigenvalue weighted by atomic mass is 16.5. The van der Waals surface area contributed by atoms with Gasteiger partial charge in [-0.1, -0.05) is 32.9 Å². The van der Waals surface area contributed by atoms with Crippen LogP contribution in [0.2, 0.25) is 0 Å². The van der Waals surface area contributed by atoms with E-state index < -0.39 is 0 Å². The van der Waals surface area contributed by atoms with E-state index in [4.69, 9.17) is 4.74 Å². The predicted molar refractivity (Wildman–Crippen MR) is 89.8 cm³/mol. The van der Waals surface area contributed by atoms with Crippen LogP contribution in [-0.2, 0) is 6.42 Å². The number of methoxy groups -OCH3 is 1. The van der Waals surface area contributed by atoms with Gasteiger partial charge in [-0.15, -0.1) is 0 Å². The van der Waals surface area contributed by atoms with Gasteiger partial charge in [0.05, 0.1) is 7.11 Å². The highest BCUT2D eigenvalue weighted by Gasteiger charge is 2.31. The summed E-state index contributed by atoms with van der Waals surface area (Å²) in [7, 11) is 1.75. The van der Waals surface area contributed by atoms with Gasteiger partial charge in [0.15, 0.2) is 0 Å². The third-order valence-electron chi connectivity index (χ3n) is 5.06. The molecule has 0 saturated heterocycles. The molecule has 2 heteroatoms. The number of hydrogen-bond donors (Lipinski definition) is 1. The zero-order valence-corrected chi connectivity index (χ0v) is 14.1. The fourth-order valence-electron chi connectivity index (χ4n) is 3.76. The Bertz CT molecular complexity index is 429. The van der Waals surface area contributed by atoms with Crippen LogP contribution in [0, 0.1) is 17.8 Å². The van der Waals surface area contributed by atoms with Gasteiger partial charge in [-0.2, -0.15) is 0 Å². The first-order valence-corrected chi connectivity index (χ1v) is 8.50. The van der Waals surface area contributed by atoms with Crippen LogP contribution in [-0.4, -0.2) is 19.7 Å². The molecule has 0 aliphatic heterocycles. The largest absolute Gasteiger partial charge is 0.497 e. The monoisotopic (exact) mass is 289 g/mol. The summed E-state index contributed by atoms with van der Waals surface area (Å²) in [6.45, 7) is 8.05. The quantitative estimate of drug-likeness (QED) is 0.843. The van der Waals surface area contributed by atoms with E-state index >= 15 is 0 Å². The molecule has 1 N–H and O–H groups in total. The lowest BCUT2D eigenvalue weighted by atomic mass is 9.71. The van der Waals surface area contributed by atoms with E-state index in [9.17, 15) is 0 Å². The molecule has 0 radical (unpaired) electrons. The molecule has 21 heavy (non-hydrogen) atoms. The number of hydrogen-bond acceptors (Lipinski definition) is 2. The Kier molecular flexibility index (Phi) is 6.10. The van der Waals surface area contributed by atoms with Crippen molar-refractivity contribution in [3.63, 3.8) is 0 Å². The van der Waals surface area contributed by atoms with Gasteiger partial charge < -0.3 is 10.1 Å². The maximum absolute atomic E-state index is 5.36. The second kappa shape index (κ2) is 7.84. The molecule has 1 aromatic carbocycles. The van der Waals surface area contributed by atoms with Crippen molar-refractivity contribution in [1.82, 2.24) is 5.32 Å². The Morgan fingerprint density at radius 2 is 2.10 bits per heavy atom. The average Bonchev–Trinajstić information content (AvgIpc) is 2.49. The minimum Gasteiger partial charge on any atom is -0.497 e. The Balaban J connectivity index is 2.07. The van der Waals surface area contributed by atoms with Crippen LogP contribution in [0.25, 0.3) is 0 Å². The van der Waals surface area contributed by atoms with Gasteiger partial charge >= 0.3 is 0 Å². The van der Waals surface area contributed by atoms with E-state index in [0.717, 1.165) is 36.5 Å². The Morgan fingerprint density at radius 3 is 2.76 bits per heavy atom. The highest BCUT2D eigenvalue weighted by molar-refractivity contribution is 5.28. The molecule has 1 saturated carbocycles. The van der Waals surface area contributed by atoms with Crippen LogP contribution in [0.1, 0.15) is 45.6 Å². The summed E-state index contributed by atoms with van der Waals surface area (Å²) >= 11 is 0. The topological polar surface area (TPSA) is 21.3 Å². The first-order valence-electron chi connectivity index (χ1n) is 8.50. The zero-order valence-electron chi connectivity index (χ0n) is 14.1. The highest BCUT2D eigenvalue weighted by Crippen LogP contribution is 2.36. The number of nitrogens with one attached hydrogen (secondary N) is 1. The van der Waals surface area contributed by atoms with Crippen molar-refractivity contribution in [2.75, 3.05) is 13.7 Å². The lowest BCUT2D eigenvalue weighted by Crippen LogP contribution is -2.42. The maximum atomic E-state index is 5.36. The lowest BCUT2D eigenvalue weighted by Gasteiger charge is -2.38. The molecule has 1 aliphatic carbocycles. The van der Waals surface area contributed by atoms with Crippen molar-refractivity contribution in [3.8, 4) is 5.75 Å². The summed E-state index contributed by atoms with van der Waals surface area (Å²) in [5.41, 5.74) is 1.41. The summed E-state index contributed by atoms with van der Waals surface area (Å²) in [5.74, 6) is 3.41. The second-order valence-electron chi connectivity index (χ2n) is 6.80. The lowest BCUT2D eigenvalue weighted by molar-refractivity contribution is 0.169. The minimum absolute atomic E-state index is 0.677. The van der Waals surface area contributed by atoms with E-state index in [-0.39, 0.29) is 0 Å². The fraction of sp³-hybridized carbons (Fsp3) is 0.684. The van der Waals surface area contributed by atoms with Crippen molar-refractivity contribution in [2.45, 2.75) is 52.5 Å². The molecule has 0 aromatic heterocycles. The smallest absolute Gasteiger partial charge is 0.119 e. The van der Waals surface area contributed by atoms with Gasteiger partial charge in [-0.3, -0.25) is 0 Å². The van der Waals surface area contributed by atoms with Gasteiger partial charge in [0.2, 0.25) is 0 Å². The van der Waals surface area contributed by atoms with Gasteiger partial charge in [0.1, 0.15) is 5.75 Å².